The van der Waals surface area contributed by atoms with Crippen molar-refractivity contribution in [2.24, 2.45) is 7.05 Å². The minimum absolute atomic E-state index is 0.341. The number of H-pyrrole nitrogens is 1. The van der Waals surface area contributed by atoms with E-state index in [0.29, 0.717) is 15.9 Å². The molecule has 0 fully saturated rings. The van der Waals surface area contributed by atoms with E-state index in [-0.39, 0.29) is 5.56 Å². The van der Waals surface area contributed by atoms with Crippen LogP contribution >= 0.6 is 11.6 Å². The Labute approximate surface area is 83.8 Å². The van der Waals surface area contributed by atoms with E-state index in [4.69, 9.17) is 11.6 Å². The van der Waals surface area contributed by atoms with Gasteiger partial charge in [-0.1, -0.05) is 17.7 Å². The van der Waals surface area contributed by atoms with E-state index in [9.17, 15) is 9.59 Å². The molecule has 0 aliphatic rings. The average Bonchev–Trinajstić information content (AvgIpc) is 2.17. The molecule has 0 amide bonds. The summed E-state index contributed by atoms with van der Waals surface area (Å²) in [7, 11) is 1.42. The third kappa shape index (κ3) is 1.15. The van der Waals surface area contributed by atoms with Crippen molar-refractivity contribution in [3.8, 4) is 0 Å². The van der Waals surface area contributed by atoms with Crippen molar-refractivity contribution in [1.29, 1.82) is 0 Å². The molecule has 0 saturated heterocycles. The molecule has 2 rings (SSSR count). The Hall–Kier alpha value is -1.55. The molecule has 1 aromatic carbocycles. The van der Waals surface area contributed by atoms with Crippen LogP contribution in [0.4, 0.5) is 0 Å². The van der Waals surface area contributed by atoms with E-state index in [1.165, 1.54) is 7.05 Å². The highest BCUT2D eigenvalue weighted by molar-refractivity contribution is 6.34. The third-order valence-corrected chi connectivity index (χ3v) is 2.40. The number of nitrogens with zero attached hydrogens (tertiary/aromatic N) is 1. The minimum Gasteiger partial charge on any atom is -0.305 e. The van der Waals surface area contributed by atoms with Crippen molar-refractivity contribution in [2.75, 3.05) is 0 Å². The first kappa shape index (κ1) is 9.02. The number of benzene rings is 1. The summed E-state index contributed by atoms with van der Waals surface area (Å²) < 4.78 is 1.01. The zero-order valence-electron chi connectivity index (χ0n) is 7.37. The number of aromatic nitrogens is 2. The molecule has 0 radical (unpaired) electrons. The number of hydrogen-bond donors (Lipinski definition) is 1. The van der Waals surface area contributed by atoms with Crippen LogP contribution in [-0.4, -0.2) is 9.55 Å². The number of hydrogen-bond acceptors (Lipinski definition) is 2. The molecule has 2 aromatic rings. The van der Waals surface area contributed by atoms with Crippen molar-refractivity contribution >= 4 is 22.5 Å². The van der Waals surface area contributed by atoms with Gasteiger partial charge in [0.2, 0.25) is 0 Å². The van der Waals surface area contributed by atoms with Gasteiger partial charge in [0, 0.05) is 7.05 Å². The Morgan fingerprint density at radius 1 is 1.36 bits per heavy atom. The number of fused-ring (bicyclic) bond motifs is 1. The number of nitrogens with one attached hydrogen (secondary N) is 1. The van der Waals surface area contributed by atoms with Crippen molar-refractivity contribution in [3.05, 3.63) is 44.1 Å². The van der Waals surface area contributed by atoms with E-state index in [2.05, 4.69) is 4.98 Å². The summed E-state index contributed by atoms with van der Waals surface area (Å²) in [6, 6.07) is 4.92. The fourth-order valence-electron chi connectivity index (χ4n) is 1.29. The van der Waals surface area contributed by atoms with Gasteiger partial charge in [0.1, 0.15) is 0 Å². The van der Waals surface area contributed by atoms with Gasteiger partial charge < -0.3 is 4.98 Å². The molecule has 72 valence electrons. The average molecular weight is 211 g/mol. The predicted molar refractivity (Wildman–Crippen MR) is 54.8 cm³/mol. The van der Waals surface area contributed by atoms with E-state index in [1.54, 1.807) is 18.2 Å². The van der Waals surface area contributed by atoms with Crippen molar-refractivity contribution in [2.45, 2.75) is 0 Å². The van der Waals surface area contributed by atoms with Crippen LogP contribution in [0.5, 0.6) is 0 Å². The van der Waals surface area contributed by atoms with Gasteiger partial charge in [0.05, 0.1) is 15.9 Å². The molecule has 1 heterocycles. The second kappa shape index (κ2) is 2.99. The molecule has 0 unspecified atom stereocenters. The second-order valence-electron chi connectivity index (χ2n) is 2.96. The fraction of sp³-hybridized carbons (Fsp3) is 0.111. The minimum atomic E-state index is -0.462. The van der Waals surface area contributed by atoms with Crippen LogP contribution in [-0.2, 0) is 7.05 Å². The Balaban J connectivity index is 3.14. The molecule has 0 aliphatic carbocycles. The second-order valence-corrected chi connectivity index (χ2v) is 3.36. The normalized spacial score (nSPS) is 10.7. The van der Waals surface area contributed by atoms with Crippen LogP contribution in [0.2, 0.25) is 5.02 Å². The number of aromatic amines is 1. The van der Waals surface area contributed by atoms with Crippen molar-refractivity contribution < 1.29 is 0 Å². The molecule has 4 nitrogen and oxygen atoms in total. The molecule has 1 aromatic heterocycles. The van der Waals surface area contributed by atoms with E-state index < -0.39 is 5.69 Å². The first-order chi connectivity index (χ1) is 6.61. The molecule has 0 spiro atoms. The topological polar surface area (TPSA) is 54.9 Å². The van der Waals surface area contributed by atoms with Gasteiger partial charge in [0.25, 0.3) is 5.56 Å². The maximum atomic E-state index is 11.6. The summed E-state index contributed by atoms with van der Waals surface area (Å²) >= 11 is 5.84. The monoisotopic (exact) mass is 210 g/mol. The van der Waals surface area contributed by atoms with Crippen LogP contribution < -0.4 is 11.2 Å². The van der Waals surface area contributed by atoms with Crippen LogP contribution in [0.3, 0.4) is 0 Å². The summed E-state index contributed by atoms with van der Waals surface area (Å²) in [5.41, 5.74) is -0.413. The Morgan fingerprint density at radius 2 is 2.07 bits per heavy atom. The molecule has 5 heteroatoms. The van der Waals surface area contributed by atoms with Crippen LogP contribution in [0, 0.1) is 0 Å². The van der Waals surface area contributed by atoms with Gasteiger partial charge in [-0.2, -0.15) is 0 Å². The predicted octanol–water partition coefficient (Wildman–Crippen LogP) is 0.880. The summed E-state index contributed by atoms with van der Waals surface area (Å²) in [4.78, 5) is 25.4. The van der Waals surface area contributed by atoms with Crippen molar-refractivity contribution in [1.82, 2.24) is 9.55 Å². The molecular weight excluding hydrogens is 204 g/mol. The van der Waals surface area contributed by atoms with Crippen LogP contribution in [0.1, 0.15) is 0 Å². The SMILES string of the molecule is Cn1c(=O)[nH]c2c(Cl)cccc2c1=O. The standard InChI is InChI=1S/C9H7ClN2O2/c1-12-8(13)5-3-2-4-6(10)7(5)11-9(12)14/h2-4H,1H3,(H,11,14). The summed E-state index contributed by atoms with van der Waals surface area (Å²) in [5.74, 6) is 0. The highest BCUT2D eigenvalue weighted by Crippen LogP contribution is 2.16. The van der Waals surface area contributed by atoms with Gasteiger partial charge in [0.15, 0.2) is 0 Å². The Morgan fingerprint density at radius 3 is 2.79 bits per heavy atom. The van der Waals surface area contributed by atoms with Crippen LogP contribution in [0.25, 0.3) is 10.9 Å². The number of para-hydroxylation sites is 1. The summed E-state index contributed by atoms with van der Waals surface area (Å²) in [6.07, 6.45) is 0. The van der Waals surface area contributed by atoms with Gasteiger partial charge >= 0.3 is 5.69 Å². The Kier molecular flexibility index (Phi) is 1.93. The maximum Gasteiger partial charge on any atom is 0.328 e. The zero-order valence-corrected chi connectivity index (χ0v) is 8.13. The third-order valence-electron chi connectivity index (χ3n) is 2.09. The van der Waals surface area contributed by atoms with E-state index >= 15 is 0 Å². The number of rotatable bonds is 0. The first-order valence-corrected chi connectivity index (χ1v) is 4.36. The first-order valence-electron chi connectivity index (χ1n) is 3.99. The summed E-state index contributed by atoms with van der Waals surface area (Å²) in [6.45, 7) is 0. The maximum absolute atomic E-state index is 11.6. The van der Waals surface area contributed by atoms with E-state index in [1.807, 2.05) is 0 Å². The Bertz CT molecular complexity index is 612. The van der Waals surface area contributed by atoms with Gasteiger partial charge in [-0.3, -0.25) is 9.36 Å². The molecule has 0 aliphatic heterocycles. The largest absolute Gasteiger partial charge is 0.328 e. The smallest absolute Gasteiger partial charge is 0.305 e. The molecule has 1 N–H and O–H groups in total. The lowest BCUT2D eigenvalue weighted by molar-refractivity contribution is 0.794. The molecule has 0 atom stereocenters. The lowest BCUT2D eigenvalue weighted by Crippen LogP contribution is -2.32. The zero-order chi connectivity index (χ0) is 10.3. The van der Waals surface area contributed by atoms with Gasteiger partial charge in [-0.25, -0.2) is 4.79 Å². The highest BCUT2D eigenvalue weighted by Gasteiger charge is 2.05. The number of halogens is 1. The lowest BCUT2D eigenvalue weighted by atomic mass is 10.2. The molecule has 0 bridgehead atoms. The van der Waals surface area contributed by atoms with Crippen molar-refractivity contribution in [3.63, 3.8) is 0 Å². The lowest BCUT2D eigenvalue weighted by Gasteiger charge is -2.01. The van der Waals surface area contributed by atoms with Crippen LogP contribution in [0.15, 0.2) is 27.8 Å². The highest BCUT2D eigenvalue weighted by atomic mass is 35.5. The molecular formula is C9H7ClN2O2. The molecule has 14 heavy (non-hydrogen) atoms. The fourth-order valence-corrected chi connectivity index (χ4v) is 1.51. The van der Waals surface area contributed by atoms with Gasteiger partial charge in [-0.05, 0) is 12.1 Å². The van der Waals surface area contributed by atoms with Gasteiger partial charge in [-0.15, -0.1) is 0 Å². The summed E-state index contributed by atoms with van der Waals surface area (Å²) in [5, 5.41) is 0.789. The quantitative estimate of drug-likeness (QED) is 0.702. The molecule has 0 saturated carbocycles. The van der Waals surface area contributed by atoms with E-state index in [0.717, 1.165) is 4.57 Å².